The summed E-state index contributed by atoms with van der Waals surface area (Å²) in [6, 6.07) is 2.15. The third kappa shape index (κ3) is 4.15. The van der Waals surface area contributed by atoms with Crippen LogP contribution in [0.5, 0.6) is 0 Å². The molecule has 0 aliphatic heterocycles. The fourth-order valence-electron chi connectivity index (χ4n) is 1.47. The second kappa shape index (κ2) is 6.84. The monoisotopic (exact) mass is 368 g/mol. The number of nitrogens with two attached hydrogens (primary N) is 1. The summed E-state index contributed by atoms with van der Waals surface area (Å²) in [6.07, 6.45) is 0.0242. The van der Waals surface area contributed by atoms with E-state index in [0.717, 1.165) is 10.4 Å². The highest BCUT2D eigenvalue weighted by atomic mass is 79.9. The van der Waals surface area contributed by atoms with E-state index < -0.39 is 15.8 Å². The Bertz CT molecular complexity index is 578. The van der Waals surface area contributed by atoms with Crippen molar-refractivity contribution in [2.75, 3.05) is 25.9 Å². The van der Waals surface area contributed by atoms with Gasteiger partial charge in [-0.05, 0) is 41.9 Å². The zero-order valence-corrected chi connectivity index (χ0v) is 14.0. The van der Waals surface area contributed by atoms with E-state index in [4.69, 9.17) is 10.5 Å². The van der Waals surface area contributed by atoms with Crippen molar-refractivity contribution in [1.82, 2.24) is 4.31 Å². The lowest BCUT2D eigenvalue weighted by Gasteiger charge is -2.19. The summed E-state index contributed by atoms with van der Waals surface area (Å²) in [5.74, 6) is -0.604. The first-order valence-electron chi connectivity index (χ1n) is 5.98. The van der Waals surface area contributed by atoms with Gasteiger partial charge in [0.2, 0.25) is 10.0 Å². The van der Waals surface area contributed by atoms with Gasteiger partial charge in [-0.15, -0.1) is 0 Å². The summed E-state index contributed by atoms with van der Waals surface area (Å²) in [7, 11) is -2.35. The SMILES string of the molecule is CC(C)OCCN(C)S(=O)(=O)c1cc(Br)c(F)cc1N. The van der Waals surface area contributed by atoms with E-state index in [1.807, 2.05) is 13.8 Å². The van der Waals surface area contributed by atoms with Crippen LogP contribution in [0.2, 0.25) is 0 Å². The standard InChI is InChI=1S/C12H18BrFN2O3S/c1-8(2)19-5-4-16(3)20(17,18)12-6-9(13)10(14)7-11(12)15/h6-8H,4-5,15H2,1-3H3. The molecule has 0 bridgehead atoms. The van der Waals surface area contributed by atoms with E-state index in [9.17, 15) is 12.8 Å². The number of nitrogen functional groups attached to an aromatic ring is 1. The van der Waals surface area contributed by atoms with Crippen LogP contribution >= 0.6 is 15.9 Å². The number of halogens is 2. The number of hydrogen-bond donors (Lipinski definition) is 1. The summed E-state index contributed by atoms with van der Waals surface area (Å²) in [4.78, 5) is -0.127. The largest absolute Gasteiger partial charge is 0.398 e. The highest BCUT2D eigenvalue weighted by molar-refractivity contribution is 9.10. The van der Waals surface area contributed by atoms with E-state index in [0.29, 0.717) is 0 Å². The van der Waals surface area contributed by atoms with Crippen molar-refractivity contribution >= 4 is 31.6 Å². The van der Waals surface area contributed by atoms with Gasteiger partial charge in [0.25, 0.3) is 0 Å². The second-order valence-corrected chi connectivity index (χ2v) is 7.42. The molecule has 0 aromatic heterocycles. The molecule has 0 aliphatic rings. The molecule has 0 heterocycles. The van der Waals surface area contributed by atoms with Crippen LogP contribution in [-0.4, -0.2) is 39.0 Å². The van der Waals surface area contributed by atoms with Gasteiger partial charge < -0.3 is 10.5 Å². The number of ether oxygens (including phenoxy) is 1. The zero-order chi connectivity index (χ0) is 15.5. The highest BCUT2D eigenvalue weighted by Gasteiger charge is 2.24. The number of hydrogen-bond acceptors (Lipinski definition) is 4. The number of likely N-dealkylation sites (N-methyl/N-ethyl adjacent to an activating group) is 1. The third-order valence-corrected chi connectivity index (χ3v) is 5.12. The topological polar surface area (TPSA) is 72.6 Å². The molecule has 0 aliphatic carbocycles. The Hall–Kier alpha value is -0.700. The van der Waals surface area contributed by atoms with Crippen molar-refractivity contribution in [3.63, 3.8) is 0 Å². The highest BCUT2D eigenvalue weighted by Crippen LogP contribution is 2.27. The van der Waals surface area contributed by atoms with Gasteiger partial charge in [0, 0.05) is 13.6 Å². The van der Waals surface area contributed by atoms with Gasteiger partial charge in [0.1, 0.15) is 10.7 Å². The normalized spacial score (nSPS) is 12.3. The number of nitrogens with zero attached hydrogens (tertiary/aromatic N) is 1. The fraction of sp³-hybridized carbons (Fsp3) is 0.500. The molecule has 20 heavy (non-hydrogen) atoms. The molecule has 8 heteroatoms. The van der Waals surface area contributed by atoms with Crippen molar-refractivity contribution in [3.05, 3.63) is 22.4 Å². The third-order valence-electron chi connectivity index (χ3n) is 2.60. The molecule has 0 saturated heterocycles. The molecular formula is C12H18BrFN2O3S. The lowest BCUT2D eigenvalue weighted by atomic mass is 10.3. The molecule has 0 amide bonds. The van der Waals surface area contributed by atoms with Crippen LogP contribution in [0.3, 0.4) is 0 Å². The molecule has 0 fully saturated rings. The van der Waals surface area contributed by atoms with Crippen LogP contribution in [0.15, 0.2) is 21.5 Å². The van der Waals surface area contributed by atoms with E-state index in [-0.39, 0.29) is 34.3 Å². The predicted octanol–water partition coefficient (Wildman–Crippen LogP) is 2.22. The Balaban J connectivity index is 2.96. The Morgan fingerprint density at radius 1 is 1.45 bits per heavy atom. The van der Waals surface area contributed by atoms with Gasteiger partial charge in [-0.3, -0.25) is 0 Å². The molecule has 1 aromatic rings. The molecule has 2 N–H and O–H groups in total. The Labute approximate surface area is 127 Å². The molecule has 5 nitrogen and oxygen atoms in total. The molecule has 0 radical (unpaired) electrons. The molecule has 114 valence electrons. The van der Waals surface area contributed by atoms with E-state index >= 15 is 0 Å². The molecule has 1 rings (SSSR count). The summed E-state index contributed by atoms with van der Waals surface area (Å²) in [6.45, 7) is 4.19. The molecule has 0 saturated carbocycles. The van der Waals surface area contributed by atoms with Crippen LogP contribution in [0.4, 0.5) is 10.1 Å². The zero-order valence-electron chi connectivity index (χ0n) is 11.6. The Morgan fingerprint density at radius 2 is 2.05 bits per heavy atom. The maximum absolute atomic E-state index is 13.3. The van der Waals surface area contributed by atoms with Crippen LogP contribution in [0.25, 0.3) is 0 Å². The first kappa shape index (κ1) is 17.4. The molecular weight excluding hydrogens is 351 g/mol. The van der Waals surface area contributed by atoms with Crippen molar-refractivity contribution < 1.29 is 17.5 Å². The van der Waals surface area contributed by atoms with Crippen molar-refractivity contribution in [1.29, 1.82) is 0 Å². The first-order chi connectivity index (χ1) is 9.16. The van der Waals surface area contributed by atoms with Gasteiger partial charge in [0.15, 0.2) is 0 Å². The molecule has 0 unspecified atom stereocenters. The minimum Gasteiger partial charge on any atom is -0.398 e. The van der Waals surface area contributed by atoms with Crippen molar-refractivity contribution in [2.45, 2.75) is 24.8 Å². The van der Waals surface area contributed by atoms with Crippen molar-refractivity contribution in [2.24, 2.45) is 0 Å². The number of sulfonamides is 1. The minimum absolute atomic E-state index is 0.0242. The lowest BCUT2D eigenvalue weighted by Crippen LogP contribution is -2.31. The minimum atomic E-state index is -3.78. The summed E-state index contributed by atoms with van der Waals surface area (Å²) >= 11 is 2.96. The predicted molar refractivity (Wildman–Crippen MR) is 79.4 cm³/mol. The molecule has 0 atom stereocenters. The van der Waals surface area contributed by atoms with Crippen LogP contribution in [-0.2, 0) is 14.8 Å². The summed E-state index contributed by atoms with van der Waals surface area (Å²) < 4.78 is 44.5. The van der Waals surface area contributed by atoms with Gasteiger partial charge in [-0.25, -0.2) is 12.8 Å². The average Bonchev–Trinajstić information content (AvgIpc) is 2.32. The van der Waals surface area contributed by atoms with E-state index in [1.54, 1.807) is 0 Å². The number of rotatable bonds is 6. The maximum atomic E-state index is 13.3. The fourth-order valence-corrected chi connectivity index (χ4v) is 3.24. The van der Waals surface area contributed by atoms with Gasteiger partial charge >= 0.3 is 0 Å². The van der Waals surface area contributed by atoms with Crippen LogP contribution < -0.4 is 5.73 Å². The molecule has 0 spiro atoms. The van der Waals surface area contributed by atoms with Gasteiger partial charge in [-0.1, -0.05) is 0 Å². The average molecular weight is 369 g/mol. The number of anilines is 1. The number of benzene rings is 1. The molecule has 1 aromatic carbocycles. The maximum Gasteiger partial charge on any atom is 0.244 e. The van der Waals surface area contributed by atoms with Crippen molar-refractivity contribution in [3.8, 4) is 0 Å². The Kier molecular flexibility index (Phi) is 5.93. The summed E-state index contributed by atoms with van der Waals surface area (Å²) in [5, 5.41) is 0. The lowest BCUT2D eigenvalue weighted by molar-refractivity contribution is 0.0737. The first-order valence-corrected chi connectivity index (χ1v) is 8.22. The van der Waals surface area contributed by atoms with Gasteiger partial charge in [-0.2, -0.15) is 4.31 Å². The van der Waals surface area contributed by atoms with E-state index in [2.05, 4.69) is 15.9 Å². The smallest absolute Gasteiger partial charge is 0.244 e. The summed E-state index contributed by atoms with van der Waals surface area (Å²) in [5.41, 5.74) is 5.47. The van der Waals surface area contributed by atoms with Crippen LogP contribution in [0, 0.1) is 5.82 Å². The van der Waals surface area contributed by atoms with Gasteiger partial charge in [0.05, 0.1) is 22.9 Å². The van der Waals surface area contributed by atoms with Crippen LogP contribution in [0.1, 0.15) is 13.8 Å². The van der Waals surface area contributed by atoms with E-state index in [1.165, 1.54) is 13.1 Å². The quantitative estimate of drug-likeness (QED) is 0.781. The Morgan fingerprint density at radius 3 is 2.60 bits per heavy atom. The second-order valence-electron chi connectivity index (χ2n) is 4.55.